The zero-order valence-corrected chi connectivity index (χ0v) is 23.4. The number of halogens is 5. The second-order valence-electron chi connectivity index (χ2n) is 6.84. The van der Waals surface area contributed by atoms with Crippen molar-refractivity contribution < 1.29 is 23.5 Å². The van der Waals surface area contributed by atoms with Crippen LogP contribution in [0.5, 0.6) is 11.5 Å². The second-order valence-corrected chi connectivity index (χ2v) is 9.87. The standard InChI is InChI=1S/C23H16Br3ClFN3O4/c1-34-20-5-2-12(6-13(20)11-35-21-16(25)7-14(24)8-17(21)26)10-29-31-23(33)22(32)30-15-3-4-19(28)18(27)9-15/h2-10H,11H2,1H3,(H,30,32)(H,31,33)/b29-10+. The van der Waals surface area contributed by atoms with Crippen LogP contribution in [0.4, 0.5) is 10.1 Å². The summed E-state index contributed by atoms with van der Waals surface area (Å²) >= 11 is 16.0. The molecule has 12 heteroatoms. The lowest BCUT2D eigenvalue weighted by Gasteiger charge is -2.13. The van der Waals surface area contributed by atoms with E-state index in [9.17, 15) is 14.0 Å². The van der Waals surface area contributed by atoms with Gasteiger partial charge < -0.3 is 14.8 Å². The number of amides is 2. The van der Waals surface area contributed by atoms with E-state index >= 15 is 0 Å². The van der Waals surface area contributed by atoms with Crippen molar-refractivity contribution in [3.8, 4) is 11.5 Å². The average molecular weight is 693 g/mol. The van der Waals surface area contributed by atoms with Gasteiger partial charge in [0.1, 0.15) is 23.9 Å². The minimum absolute atomic E-state index is 0.171. The first kappa shape index (κ1) is 27.1. The first-order valence-electron chi connectivity index (χ1n) is 9.71. The van der Waals surface area contributed by atoms with E-state index in [1.807, 2.05) is 12.1 Å². The van der Waals surface area contributed by atoms with Crippen molar-refractivity contribution in [2.75, 3.05) is 12.4 Å². The molecule has 0 atom stereocenters. The monoisotopic (exact) mass is 689 g/mol. The van der Waals surface area contributed by atoms with Crippen molar-refractivity contribution in [2.24, 2.45) is 5.10 Å². The number of methoxy groups -OCH3 is 1. The summed E-state index contributed by atoms with van der Waals surface area (Å²) in [5.74, 6) is -1.41. The summed E-state index contributed by atoms with van der Waals surface area (Å²) in [4.78, 5) is 24.0. The van der Waals surface area contributed by atoms with E-state index in [1.165, 1.54) is 18.3 Å². The third-order valence-corrected chi connectivity index (χ3v) is 6.33. The Morgan fingerprint density at radius 1 is 1.06 bits per heavy atom. The number of anilines is 1. The normalized spacial score (nSPS) is 10.8. The van der Waals surface area contributed by atoms with Crippen molar-refractivity contribution in [1.82, 2.24) is 5.43 Å². The number of hydrogen-bond donors (Lipinski definition) is 2. The van der Waals surface area contributed by atoms with Crippen LogP contribution in [-0.2, 0) is 16.2 Å². The van der Waals surface area contributed by atoms with E-state index in [-0.39, 0.29) is 17.3 Å². The van der Waals surface area contributed by atoms with Gasteiger partial charge in [0.25, 0.3) is 0 Å². The highest BCUT2D eigenvalue weighted by molar-refractivity contribution is 9.11. The summed E-state index contributed by atoms with van der Waals surface area (Å²) in [6, 6.07) is 12.5. The molecule has 2 N–H and O–H groups in total. The van der Waals surface area contributed by atoms with Gasteiger partial charge in [-0.05, 0) is 86.0 Å². The van der Waals surface area contributed by atoms with Crippen LogP contribution in [0, 0.1) is 5.82 Å². The maximum Gasteiger partial charge on any atom is 0.329 e. The fourth-order valence-electron chi connectivity index (χ4n) is 2.79. The zero-order chi connectivity index (χ0) is 25.5. The Morgan fingerprint density at radius 2 is 1.77 bits per heavy atom. The SMILES string of the molecule is COc1ccc(/C=N/NC(=O)C(=O)Nc2ccc(F)c(Cl)c2)cc1COc1c(Br)cc(Br)cc1Br. The predicted octanol–water partition coefficient (Wildman–Crippen LogP) is 6.44. The molecule has 0 spiro atoms. The van der Waals surface area contributed by atoms with Gasteiger partial charge in [-0.2, -0.15) is 5.10 Å². The molecule has 0 aromatic heterocycles. The van der Waals surface area contributed by atoms with Crippen LogP contribution in [0.3, 0.4) is 0 Å². The summed E-state index contributed by atoms with van der Waals surface area (Å²) < 4.78 is 27.0. The molecular formula is C23H16Br3ClFN3O4. The van der Waals surface area contributed by atoms with Gasteiger partial charge in [-0.3, -0.25) is 9.59 Å². The molecule has 0 fully saturated rings. The highest BCUT2D eigenvalue weighted by atomic mass is 79.9. The molecule has 0 aliphatic carbocycles. The Kier molecular flexibility index (Phi) is 9.67. The Morgan fingerprint density at radius 3 is 2.43 bits per heavy atom. The molecule has 3 aromatic carbocycles. The van der Waals surface area contributed by atoms with Gasteiger partial charge in [0.05, 0.1) is 27.3 Å². The predicted molar refractivity (Wildman–Crippen MR) is 143 cm³/mol. The third-order valence-electron chi connectivity index (χ3n) is 4.40. The van der Waals surface area contributed by atoms with Gasteiger partial charge in [0, 0.05) is 15.7 Å². The minimum Gasteiger partial charge on any atom is -0.496 e. The van der Waals surface area contributed by atoms with E-state index in [0.29, 0.717) is 17.1 Å². The lowest BCUT2D eigenvalue weighted by Crippen LogP contribution is -2.32. The third kappa shape index (κ3) is 7.50. The fourth-order valence-corrected chi connectivity index (χ4v) is 5.45. The zero-order valence-electron chi connectivity index (χ0n) is 17.9. The lowest BCUT2D eigenvalue weighted by atomic mass is 10.1. The fraction of sp³-hybridized carbons (Fsp3) is 0.0870. The molecule has 7 nitrogen and oxygen atoms in total. The highest BCUT2D eigenvalue weighted by Gasteiger charge is 2.14. The van der Waals surface area contributed by atoms with Crippen molar-refractivity contribution in [1.29, 1.82) is 0 Å². The molecule has 35 heavy (non-hydrogen) atoms. The van der Waals surface area contributed by atoms with E-state index < -0.39 is 17.6 Å². The first-order chi connectivity index (χ1) is 16.7. The van der Waals surface area contributed by atoms with Crippen LogP contribution in [0.25, 0.3) is 0 Å². The molecule has 3 rings (SSSR count). The van der Waals surface area contributed by atoms with Crippen molar-refractivity contribution in [2.45, 2.75) is 6.61 Å². The smallest absolute Gasteiger partial charge is 0.329 e. The van der Waals surface area contributed by atoms with E-state index in [1.54, 1.807) is 25.3 Å². The highest BCUT2D eigenvalue weighted by Crippen LogP contribution is 2.37. The Balaban J connectivity index is 1.64. The van der Waals surface area contributed by atoms with Gasteiger partial charge in [0.15, 0.2) is 0 Å². The Labute approximate surface area is 230 Å². The van der Waals surface area contributed by atoms with Gasteiger partial charge in [0.2, 0.25) is 0 Å². The molecule has 2 amide bonds. The van der Waals surface area contributed by atoms with E-state index in [4.69, 9.17) is 21.1 Å². The summed E-state index contributed by atoms with van der Waals surface area (Å²) in [7, 11) is 1.55. The lowest BCUT2D eigenvalue weighted by molar-refractivity contribution is -0.136. The van der Waals surface area contributed by atoms with Gasteiger partial charge in [-0.25, -0.2) is 9.82 Å². The van der Waals surface area contributed by atoms with Gasteiger partial charge >= 0.3 is 11.8 Å². The van der Waals surface area contributed by atoms with Crippen LogP contribution in [0.1, 0.15) is 11.1 Å². The topological polar surface area (TPSA) is 89.0 Å². The molecule has 0 unspecified atom stereocenters. The number of nitrogens with zero attached hydrogens (tertiary/aromatic N) is 1. The quantitative estimate of drug-likeness (QED) is 0.170. The summed E-state index contributed by atoms with van der Waals surface area (Å²) in [5.41, 5.74) is 3.67. The summed E-state index contributed by atoms with van der Waals surface area (Å²) in [6.07, 6.45) is 1.37. The second kappa shape index (κ2) is 12.5. The Hall–Kier alpha value is -2.47. The van der Waals surface area contributed by atoms with Gasteiger partial charge in [-0.15, -0.1) is 0 Å². The number of ether oxygens (including phenoxy) is 2. The van der Waals surface area contributed by atoms with Crippen LogP contribution in [0.15, 0.2) is 67.1 Å². The van der Waals surface area contributed by atoms with Gasteiger partial charge in [-0.1, -0.05) is 27.5 Å². The molecule has 0 saturated heterocycles. The Bertz CT molecular complexity index is 1280. The largest absolute Gasteiger partial charge is 0.496 e. The molecule has 0 radical (unpaired) electrons. The molecule has 0 aliphatic rings. The van der Waals surface area contributed by atoms with Crippen LogP contribution >= 0.6 is 59.4 Å². The minimum atomic E-state index is -1.01. The summed E-state index contributed by atoms with van der Waals surface area (Å²) in [6.45, 7) is 0.193. The van der Waals surface area contributed by atoms with Crippen LogP contribution < -0.4 is 20.2 Å². The average Bonchev–Trinajstić information content (AvgIpc) is 2.80. The van der Waals surface area contributed by atoms with E-state index in [0.717, 1.165) is 25.0 Å². The maximum atomic E-state index is 13.2. The first-order valence-corrected chi connectivity index (χ1v) is 12.5. The molecule has 3 aromatic rings. The number of benzene rings is 3. The van der Waals surface area contributed by atoms with Crippen molar-refractivity contribution in [3.63, 3.8) is 0 Å². The van der Waals surface area contributed by atoms with Crippen LogP contribution in [-0.4, -0.2) is 25.1 Å². The number of carbonyl (C=O) groups excluding carboxylic acids is 2. The van der Waals surface area contributed by atoms with Crippen LogP contribution in [0.2, 0.25) is 5.02 Å². The van der Waals surface area contributed by atoms with Crippen molar-refractivity contribution in [3.05, 3.63) is 83.9 Å². The molecule has 0 aliphatic heterocycles. The van der Waals surface area contributed by atoms with E-state index in [2.05, 4.69) is 63.6 Å². The summed E-state index contributed by atoms with van der Waals surface area (Å²) in [5, 5.41) is 5.94. The molecular weight excluding hydrogens is 676 g/mol. The number of hydrogen-bond acceptors (Lipinski definition) is 5. The molecule has 0 heterocycles. The molecule has 182 valence electrons. The molecule has 0 saturated carbocycles. The number of hydrazone groups is 1. The van der Waals surface area contributed by atoms with Crippen molar-refractivity contribution >= 4 is 83.1 Å². The number of rotatable bonds is 7. The number of carbonyl (C=O) groups is 2. The maximum absolute atomic E-state index is 13.2. The molecule has 0 bridgehead atoms. The number of nitrogens with one attached hydrogen (secondary N) is 2.